The second-order valence-electron chi connectivity index (χ2n) is 7.13. The summed E-state index contributed by atoms with van der Waals surface area (Å²) in [4.78, 5) is 24.2. The average Bonchev–Trinajstić information content (AvgIpc) is 2.56. The van der Waals surface area contributed by atoms with Gasteiger partial charge in [-0.05, 0) is 51.0 Å². The van der Waals surface area contributed by atoms with Crippen LogP contribution in [0.25, 0.3) is 0 Å². The Kier molecular flexibility index (Phi) is 6.81. The average molecular weight is 381 g/mol. The normalized spacial score (nSPS) is 21.7. The fourth-order valence-corrected chi connectivity index (χ4v) is 4.33. The van der Waals surface area contributed by atoms with Gasteiger partial charge in [0.25, 0.3) is 5.91 Å². The molecule has 0 bridgehead atoms. The number of benzene rings is 1. The molecule has 26 heavy (non-hydrogen) atoms. The van der Waals surface area contributed by atoms with Gasteiger partial charge in [0.05, 0.1) is 16.1 Å². The smallest absolute Gasteiger partial charge is 0.308 e. The molecule has 1 aromatic rings. The first-order valence-corrected chi connectivity index (χ1v) is 10.7. The van der Waals surface area contributed by atoms with E-state index in [0.29, 0.717) is 18.4 Å². The third-order valence-electron chi connectivity index (χ3n) is 4.97. The number of carboxylic acid groups (broad SMARTS) is 1. The number of aliphatic carboxylic acids is 1. The van der Waals surface area contributed by atoms with Crippen molar-refractivity contribution in [3.8, 4) is 0 Å². The van der Waals surface area contributed by atoms with E-state index in [9.17, 15) is 23.1 Å². The number of carboxylic acids is 1. The number of rotatable bonds is 5. The summed E-state index contributed by atoms with van der Waals surface area (Å²) in [5, 5.41) is 11.8. The number of hydrogen-bond acceptors (Lipinski definition) is 4. The largest absolute Gasteiger partial charge is 0.481 e. The highest BCUT2D eigenvalue weighted by molar-refractivity contribution is 7.92. The number of sulfone groups is 1. The lowest BCUT2D eigenvalue weighted by Crippen LogP contribution is -2.43. The Morgan fingerprint density at radius 2 is 1.62 bits per heavy atom. The molecule has 0 saturated heterocycles. The van der Waals surface area contributed by atoms with Gasteiger partial charge in [0, 0.05) is 11.6 Å². The molecule has 0 aliphatic heterocycles. The minimum atomic E-state index is -3.38. The van der Waals surface area contributed by atoms with Crippen LogP contribution in [0.5, 0.6) is 0 Å². The quantitative estimate of drug-likeness (QED) is 0.816. The summed E-state index contributed by atoms with van der Waals surface area (Å²) in [5.41, 5.74) is 0.332. The SMILES string of the molecule is CC(C)S(=O)(=O)c1ccc(C(=O)NC2CCCCCCC2C(=O)O)cc1. The fraction of sp³-hybridized carbons (Fsp3) is 0.579. The molecule has 2 N–H and O–H groups in total. The summed E-state index contributed by atoms with van der Waals surface area (Å²) >= 11 is 0. The van der Waals surface area contributed by atoms with Crippen molar-refractivity contribution in [2.75, 3.05) is 0 Å². The monoisotopic (exact) mass is 381 g/mol. The van der Waals surface area contributed by atoms with Crippen molar-refractivity contribution >= 4 is 21.7 Å². The molecular weight excluding hydrogens is 354 g/mol. The van der Waals surface area contributed by atoms with Crippen molar-refractivity contribution in [3.05, 3.63) is 29.8 Å². The second kappa shape index (κ2) is 8.66. The molecule has 2 atom stereocenters. The van der Waals surface area contributed by atoms with Crippen molar-refractivity contribution < 1.29 is 23.1 Å². The second-order valence-corrected chi connectivity index (χ2v) is 9.64. The van der Waals surface area contributed by atoms with Gasteiger partial charge in [0.15, 0.2) is 9.84 Å². The van der Waals surface area contributed by atoms with E-state index >= 15 is 0 Å². The van der Waals surface area contributed by atoms with E-state index in [1.165, 1.54) is 24.3 Å². The van der Waals surface area contributed by atoms with E-state index in [-0.39, 0.29) is 10.8 Å². The van der Waals surface area contributed by atoms with E-state index in [1.807, 2.05) is 0 Å². The van der Waals surface area contributed by atoms with Gasteiger partial charge in [-0.25, -0.2) is 8.42 Å². The zero-order valence-electron chi connectivity index (χ0n) is 15.3. The van der Waals surface area contributed by atoms with E-state index in [1.54, 1.807) is 13.8 Å². The number of carbonyl (C=O) groups is 2. The first-order chi connectivity index (χ1) is 12.2. The maximum Gasteiger partial charge on any atom is 0.308 e. The molecule has 144 valence electrons. The first-order valence-electron chi connectivity index (χ1n) is 9.11. The standard InChI is InChI=1S/C19H27NO5S/c1-13(2)26(24,25)15-11-9-14(10-12-15)18(21)20-17-8-6-4-3-5-7-16(17)19(22)23/h9-13,16-17H,3-8H2,1-2H3,(H,20,21)(H,22,23). The number of amides is 1. The lowest BCUT2D eigenvalue weighted by molar-refractivity contribution is -0.143. The van der Waals surface area contributed by atoms with Crippen LogP contribution < -0.4 is 5.32 Å². The third-order valence-corrected chi connectivity index (χ3v) is 7.14. The van der Waals surface area contributed by atoms with Crippen LogP contribution in [0, 0.1) is 5.92 Å². The van der Waals surface area contributed by atoms with Crippen LogP contribution in [0.3, 0.4) is 0 Å². The van der Waals surface area contributed by atoms with E-state index in [0.717, 1.165) is 25.7 Å². The lowest BCUT2D eigenvalue weighted by Gasteiger charge is -2.27. The Hall–Kier alpha value is -1.89. The van der Waals surface area contributed by atoms with Gasteiger partial charge in [0.1, 0.15) is 0 Å². The molecule has 0 heterocycles. The summed E-state index contributed by atoms with van der Waals surface area (Å²) in [5.74, 6) is -1.83. The molecule has 2 unspecified atom stereocenters. The van der Waals surface area contributed by atoms with Gasteiger partial charge >= 0.3 is 5.97 Å². The molecule has 1 aliphatic rings. The molecule has 1 aliphatic carbocycles. The summed E-state index contributed by atoms with van der Waals surface area (Å²) in [6, 6.07) is 5.40. The van der Waals surface area contributed by atoms with Crippen molar-refractivity contribution in [3.63, 3.8) is 0 Å². The molecule has 0 spiro atoms. The van der Waals surface area contributed by atoms with Crippen LogP contribution in [0.15, 0.2) is 29.2 Å². The molecule has 1 fully saturated rings. The summed E-state index contributed by atoms with van der Waals surface area (Å²) < 4.78 is 24.3. The summed E-state index contributed by atoms with van der Waals surface area (Å²) in [6.45, 7) is 3.22. The highest BCUT2D eigenvalue weighted by Crippen LogP contribution is 2.24. The highest BCUT2D eigenvalue weighted by Gasteiger charge is 2.30. The number of nitrogens with one attached hydrogen (secondary N) is 1. The lowest BCUT2D eigenvalue weighted by atomic mass is 9.86. The molecule has 7 heteroatoms. The van der Waals surface area contributed by atoms with Crippen LogP contribution in [-0.4, -0.2) is 36.7 Å². The van der Waals surface area contributed by atoms with Gasteiger partial charge < -0.3 is 10.4 Å². The predicted molar refractivity (Wildman–Crippen MR) is 98.8 cm³/mol. The molecule has 0 aromatic heterocycles. The minimum absolute atomic E-state index is 0.179. The first kappa shape index (κ1) is 20.4. The summed E-state index contributed by atoms with van der Waals surface area (Å²) in [6.07, 6.45) is 5.01. The van der Waals surface area contributed by atoms with E-state index < -0.39 is 33.0 Å². The molecule has 6 nitrogen and oxygen atoms in total. The van der Waals surface area contributed by atoms with Crippen molar-refractivity contribution in [1.29, 1.82) is 0 Å². The Bertz CT molecular complexity index is 740. The molecule has 2 rings (SSSR count). The van der Waals surface area contributed by atoms with Crippen LogP contribution in [0.2, 0.25) is 0 Å². The molecule has 1 amide bonds. The maximum absolute atomic E-state index is 12.5. The topological polar surface area (TPSA) is 101 Å². The molecule has 1 aromatic carbocycles. The van der Waals surface area contributed by atoms with Gasteiger partial charge in [0.2, 0.25) is 0 Å². The van der Waals surface area contributed by atoms with Crippen LogP contribution in [-0.2, 0) is 14.6 Å². The Labute approximate surface area is 154 Å². The Morgan fingerprint density at radius 1 is 1.04 bits per heavy atom. The van der Waals surface area contributed by atoms with Gasteiger partial charge in [-0.2, -0.15) is 0 Å². The van der Waals surface area contributed by atoms with Gasteiger partial charge in [-0.1, -0.05) is 25.7 Å². The van der Waals surface area contributed by atoms with Crippen molar-refractivity contribution in [1.82, 2.24) is 5.32 Å². The molecule has 1 saturated carbocycles. The Morgan fingerprint density at radius 3 is 2.15 bits per heavy atom. The van der Waals surface area contributed by atoms with Crippen molar-refractivity contribution in [2.45, 2.75) is 68.6 Å². The predicted octanol–water partition coefficient (Wildman–Crippen LogP) is 3.02. The molecule has 0 radical (unpaired) electrons. The van der Waals surface area contributed by atoms with Gasteiger partial charge in [-0.3, -0.25) is 9.59 Å². The summed E-state index contributed by atoms with van der Waals surface area (Å²) in [7, 11) is -3.38. The van der Waals surface area contributed by atoms with Crippen LogP contribution in [0.1, 0.15) is 62.7 Å². The third kappa shape index (κ3) is 4.84. The highest BCUT2D eigenvalue weighted by atomic mass is 32.2. The maximum atomic E-state index is 12.5. The minimum Gasteiger partial charge on any atom is -0.481 e. The van der Waals surface area contributed by atoms with E-state index in [4.69, 9.17) is 0 Å². The zero-order valence-corrected chi connectivity index (χ0v) is 16.1. The van der Waals surface area contributed by atoms with E-state index in [2.05, 4.69) is 5.32 Å². The molecular formula is C19H27NO5S. The fourth-order valence-electron chi connectivity index (χ4n) is 3.27. The number of carbonyl (C=O) groups excluding carboxylic acids is 1. The van der Waals surface area contributed by atoms with Crippen LogP contribution >= 0.6 is 0 Å². The van der Waals surface area contributed by atoms with Crippen molar-refractivity contribution in [2.24, 2.45) is 5.92 Å². The number of hydrogen-bond donors (Lipinski definition) is 2. The zero-order chi connectivity index (χ0) is 19.3. The van der Waals surface area contributed by atoms with Crippen LogP contribution in [0.4, 0.5) is 0 Å². The van der Waals surface area contributed by atoms with Gasteiger partial charge in [-0.15, -0.1) is 0 Å². The Balaban J connectivity index is 2.13.